The summed E-state index contributed by atoms with van der Waals surface area (Å²) in [6.45, 7) is 4.91. The number of nitrogens with two attached hydrogens (primary N) is 1. The highest BCUT2D eigenvalue weighted by Gasteiger charge is 2.08. The van der Waals surface area contributed by atoms with Crippen LogP contribution in [0.25, 0.3) is 11.1 Å². The average molecular weight is 218 g/mol. The van der Waals surface area contributed by atoms with Crippen molar-refractivity contribution >= 4 is 11.1 Å². The molecule has 1 aromatic heterocycles. The summed E-state index contributed by atoms with van der Waals surface area (Å²) in [5.74, 6) is 1.35. The van der Waals surface area contributed by atoms with Crippen molar-refractivity contribution in [1.82, 2.24) is 4.98 Å². The van der Waals surface area contributed by atoms with Gasteiger partial charge in [-0.05, 0) is 37.4 Å². The Hall–Kier alpha value is -1.35. The van der Waals surface area contributed by atoms with Crippen molar-refractivity contribution in [3.8, 4) is 0 Å². The van der Waals surface area contributed by atoms with E-state index in [2.05, 4.69) is 11.9 Å². The fraction of sp³-hybridized carbons (Fsp3) is 0.462. The Morgan fingerprint density at radius 2 is 2.25 bits per heavy atom. The Morgan fingerprint density at radius 3 is 2.94 bits per heavy atom. The second-order valence-corrected chi connectivity index (χ2v) is 4.41. The van der Waals surface area contributed by atoms with Crippen molar-refractivity contribution < 1.29 is 4.42 Å². The molecule has 0 saturated heterocycles. The summed E-state index contributed by atoms with van der Waals surface area (Å²) in [7, 11) is 0. The molecule has 1 atom stereocenters. The van der Waals surface area contributed by atoms with Crippen LogP contribution in [0.1, 0.15) is 24.8 Å². The van der Waals surface area contributed by atoms with Gasteiger partial charge in [-0.2, -0.15) is 0 Å². The smallest absolute Gasteiger partial charge is 0.195 e. The zero-order valence-corrected chi connectivity index (χ0v) is 9.86. The molecule has 86 valence electrons. The molecule has 0 aliphatic carbocycles. The van der Waals surface area contributed by atoms with Gasteiger partial charge >= 0.3 is 0 Å². The molecule has 0 aliphatic rings. The largest absolute Gasteiger partial charge is 0.440 e. The zero-order valence-electron chi connectivity index (χ0n) is 9.86. The van der Waals surface area contributed by atoms with Crippen LogP contribution >= 0.6 is 0 Å². The molecule has 2 N–H and O–H groups in total. The van der Waals surface area contributed by atoms with Crippen LogP contribution in [0.5, 0.6) is 0 Å². The lowest BCUT2D eigenvalue weighted by molar-refractivity contribution is 0.470. The highest BCUT2D eigenvalue weighted by molar-refractivity contribution is 5.75. The first-order chi connectivity index (χ1) is 7.70. The third kappa shape index (κ3) is 2.25. The van der Waals surface area contributed by atoms with Gasteiger partial charge in [0.05, 0.1) is 0 Å². The Labute approximate surface area is 95.7 Å². The number of rotatable bonds is 4. The fourth-order valence-corrected chi connectivity index (χ4v) is 1.73. The van der Waals surface area contributed by atoms with Gasteiger partial charge in [-0.25, -0.2) is 4.98 Å². The van der Waals surface area contributed by atoms with Gasteiger partial charge in [-0.3, -0.25) is 0 Å². The molecule has 0 bridgehead atoms. The van der Waals surface area contributed by atoms with Crippen molar-refractivity contribution in [3.63, 3.8) is 0 Å². The predicted octanol–water partition coefficient (Wildman–Crippen LogP) is 2.66. The van der Waals surface area contributed by atoms with Gasteiger partial charge in [0.2, 0.25) is 0 Å². The number of aryl methyl sites for hydroxylation is 2. The number of hydrogen-bond acceptors (Lipinski definition) is 3. The first-order valence-corrected chi connectivity index (χ1v) is 5.76. The fourth-order valence-electron chi connectivity index (χ4n) is 1.73. The van der Waals surface area contributed by atoms with E-state index in [-0.39, 0.29) is 0 Å². The molecule has 1 unspecified atom stereocenters. The van der Waals surface area contributed by atoms with Gasteiger partial charge in [0, 0.05) is 6.42 Å². The van der Waals surface area contributed by atoms with Gasteiger partial charge in [-0.1, -0.05) is 19.1 Å². The molecule has 1 aromatic carbocycles. The Kier molecular flexibility index (Phi) is 3.25. The molecule has 0 fully saturated rings. The minimum absolute atomic E-state index is 0.524. The summed E-state index contributed by atoms with van der Waals surface area (Å²) in [6.07, 6.45) is 1.90. The van der Waals surface area contributed by atoms with Crippen LogP contribution < -0.4 is 5.73 Å². The predicted molar refractivity (Wildman–Crippen MR) is 65.3 cm³/mol. The van der Waals surface area contributed by atoms with Gasteiger partial charge in [0.1, 0.15) is 5.52 Å². The molecule has 0 aliphatic heterocycles. The number of nitrogens with zero attached hydrogens (tertiary/aromatic N) is 1. The Bertz CT molecular complexity index is 476. The van der Waals surface area contributed by atoms with Gasteiger partial charge in [-0.15, -0.1) is 0 Å². The number of benzene rings is 1. The van der Waals surface area contributed by atoms with E-state index < -0.39 is 0 Å². The first kappa shape index (κ1) is 11.1. The summed E-state index contributed by atoms with van der Waals surface area (Å²) < 4.78 is 5.74. The molecule has 0 amide bonds. The normalized spacial score (nSPS) is 13.2. The topological polar surface area (TPSA) is 52.0 Å². The van der Waals surface area contributed by atoms with Crippen LogP contribution in [0, 0.1) is 12.8 Å². The summed E-state index contributed by atoms with van der Waals surface area (Å²) in [5.41, 5.74) is 8.59. The monoisotopic (exact) mass is 218 g/mol. The molecule has 1 heterocycles. The van der Waals surface area contributed by atoms with Crippen molar-refractivity contribution in [2.24, 2.45) is 11.7 Å². The maximum absolute atomic E-state index is 5.74. The number of oxazole rings is 1. The highest BCUT2D eigenvalue weighted by Crippen LogP contribution is 2.20. The number of hydrogen-bond donors (Lipinski definition) is 1. The summed E-state index contributed by atoms with van der Waals surface area (Å²) in [6, 6.07) is 6.04. The van der Waals surface area contributed by atoms with Crippen LogP contribution in [0.15, 0.2) is 22.6 Å². The van der Waals surface area contributed by atoms with Gasteiger partial charge in [0.15, 0.2) is 11.5 Å². The second-order valence-electron chi connectivity index (χ2n) is 4.41. The quantitative estimate of drug-likeness (QED) is 0.858. The third-order valence-corrected chi connectivity index (χ3v) is 2.91. The lowest BCUT2D eigenvalue weighted by Crippen LogP contribution is -2.11. The van der Waals surface area contributed by atoms with Crippen molar-refractivity contribution in [1.29, 1.82) is 0 Å². The van der Waals surface area contributed by atoms with Gasteiger partial charge < -0.3 is 10.2 Å². The van der Waals surface area contributed by atoms with E-state index in [1.807, 2.05) is 25.1 Å². The molecule has 0 spiro atoms. The SMILES string of the molecule is Cc1cccc2nc(CCC(C)CN)oc12. The Morgan fingerprint density at radius 1 is 1.44 bits per heavy atom. The molecule has 0 radical (unpaired) electrons. The molecule has 3 heteroatoms. The standard InChI is InChI=1S/C13H18N2O/c1-9(8-14)6-7-12-15-11-5-3-4-10(2)13(11)16-12/h3-5,9H,6-8,14H2,1-2H3. The number of aromatic nitrogens is 1. The van der Waals surface area contributed by atoms with Crippen LogP contribution in [0.4, 0.5) is 0 Å². The van der Waals surface area contributed by atoms with Crippen LogP contribution in [0.2, 0.25) is 0 Å². The third-order valence-electron chi connectivity index (χ3n) is 2.91. The van der Waals surface area contributed by atoms with Crippen molar-refractivity contribution in [2.45, 2.75) is 26.7 Å². The summed E-state index contributed by atoms with van der Waals surface area (Å²) in [4.78, 5) is 4.47. The van der Waals surface area contributed by atoms with Gasteiger partial charge in [0.25, 0.3) is 0 Å². The van der Waals surface area contributed by atoms with E-state index in [0.717, 1.165) is 41.9 Å². The Balaban J connectivity index is 2.17. The number of para-hydroxylation sites is 1. The van der Waals surface area contributed by atoms with Crippen molar-refractivity contribution in [3.05, 3.63) is 29.7 Å². The van der Waals surface area contributed by atoms with E-state index in [9.17, 15) is 0 Å². The highest BCUT2D eigenvalue weighted by atomic mass is 16.3. The number of fused-ring (bicyclic) bond motifs is 1. The second kappa shape index (κ2) is 4.66. The molecule has 2 aromatic rings. The van der Waals surface area contributed by atoms with E-state index in [1.54, 1.807) is 0 Å². The summed E-state index contributed by atoms with van der Waals surface area (Å²) in [5, 5.41) is 0. The van der Waals surface area contributed by atoms with Crippen molar-refractivity contribution in [2.75, 3.05) is 6.54 Å². The molecule has 0 saturated carbocycles. The minimum Gasteiger partial charge on any atom is -0.440 e. The van der Waals surface area contributed by atoms with E-state index in [4.69, 9.17) is 10.2 Å². The maximum atomic E-state index is 5.74. The molecular weight excluding hydrogens is 200 g/mol. The summed E-state index contributed by atoms with van der Waals surface area (Å²) >= 11 is 0. The molecule has 3 nitrogen and oxygen atoms in total. The van der Waals surface area contributed by atoms with Crippen LogP contribution in [-0.4, -0.2) is 11.5 Å². The average Bonchev–Trinajstić information content (AvgIpc) is 2.70. The molecular formula is C13H18N2O. The minimum atomic E-state index is 0.524. The lowest BCUT2D eigenvalue weighted by atomic mass is 10.1. The first-order valence-electron chi connectivity index (χ1n) is 5.76. The van der Waals surface area contributed by atoms with E-state index >= 15 is 0 Å². The zero-order chi connectivity index (χ0) is 11.5. The van der Waals surface area contributed by atoms with Crippen LogP contribution in [0.3, 0.4) is 0 Å². The van der Waals surface area contributed by atoms with E-state index in [1.165, 1.54) is 0 Å². The maximum Gasteiger partial charge on any atom is 0.195 e. The molecule has 2 rings (SSSR count). The van der Waals surface area contributed by atoms with E-state index in [0.29, 0.717) is 5.92 Å². The molecule has 16 heavy (non-hydrogen) atoms. The van der Waals surface area contributed by atoms with Crippen LogP contribution in [-0.2, 0) is 6.42 Å². The lowest BCUT2D eigenvalue weighted by Gasteiger charge is -2.04.